The topological polar surface area (TPSA) is 75.2 Å². The standard InChI is InChI=1S/C26H32N4O4S/c1-18-7-14-35-24(18)26(32)30(12-13-33-3)17-21-15-20-5-6-22(34-4)16-23(20)27-25(21)29-10-8-28(9-11-29)19(2)31/h5-7,14-16H,8-13,17H2,1-4H3. The first-order chi connectivity index (χ1) is 16.9. The maximum atomic E-state index is 13.5. The van der Waals surface area contributed by atoms with Crippen molar-refractivity contribution in [3.8, 4) is 5.75 Å². The first kappa shape index (κ1) is 24.9. The Balaban J connectivity index is 1.71. The number of rotatable bonds is 8. The fraction of sp³-hybridized carbons (Fsp3) is 0.423. The molecule has 35 heavy (non-hydrogen) atoms. The van der Waals surface area contributed by atoms with Crippen LogP contribution in [0.5, 0.6) is 5.75 Å². The molecule has 3 aromatic rings. The van der Waals surface area contributed by atoms with Crippen LogP contribution in [0.3, 0.4) is 0 Å². The van der Waals surface area contributed by atoms with Gasteiger partial charge in [0.1, 0.15) is 11.6 Å². The van der Waals surface area contributed by atoms with Crippen LogP contribution in [0.25, 0.3) is 10.9 Å². The minimum atomic E-state index is -0.00303. The zero-order chi connectivity index (χ0) is 24.9. The third-order valence-electron chi connectivity index (χ3n) is 6.38. The summed E-state index contributed by atoms with van der Waals surface area (Å²) in [6.07, 6.45) is 0. The Morgan fingerprint density at radius 1 is 1.11 bits per heavy atom. The van der Waals surface area contributed by atoms with Crippen molar-refractivity contribution >= 4 is 39.9 Å². The number of amides is 2. The van der Waals surface area contributed by atoms with Crippen molar-refractivity contribution in [3.63, 3.8) is 0 Å². The van der Waals surface area contributed by atoms with Gasteiger partial charge in [0.25, 0.3) is 5.91 Å². The maximum absolute atomic E-state index is 13.5. The van der Waals surface area contributed by atoms with E-state index in [4.69, 9.17) is 14.5 Å². The summed E-state index contributed by atoms with van der Waals surface area (Å²) in [5, 5.41) is 2.93. The molecule has 0 atom stereocenters. The SMILES string of the molecule is COCCN(Cc1cc2ccc(OC)cc2nc1N1CCN(C(C)=O)CC1)C(=O)c1sccc1C. The quantitative estimate of drug-likeness (QED) is 0.475. The van der Waals surface area contributed by atoms with E-state index in [1.54, 1.807) is 21.1 Å². The van der Waals surface area contributed by atoms with Gasteiger partial charge in [-0.05, 0) is 42.1 Å². The fourth-order valence-corrected chi connectivity index (χ4v) is 5.22. The number of carbonyl (C=O) groups is 2. The largest absolute Gasteiger partial charge is 0.497 e. The molecule has 1 aliphatic rings. The van der Waals surface area contributed by atoms with E-state index in [0.29, 0.717) is 45.9 Å². The number of benzene rings is 1. The summed E-state index contributed by atoms with van der Waals surface area (Å²) >= 11 is 1.46. The van der Waals surface area contributed by atoms with Gasteiger partial charge in [0.05, 0.1) is 24.1 Å². The molecule has 0 spiro atoms. The molecule has 8 nitrogen and oxygen atoms in total. The summed E-state index contributed by atoms with van der Waals surface area (Å²) in [5.41, 5.74) is 2.78. The van der Waals surface area contributed by atoms with Crippen LogP contribution in [0.4, 0.5) is 5.82 Å². The Morgan fingerprint density at radius 2 is 1.89 bits per heavy atom. The summed E-state index contributed by atoms with van der Waals surface area (Å²) in [5.74, 6) is 1.67. The molecule has 1 fully saturated rings. The molecule has 1 aliphatic heterocycles. The normalized spacial score (nSPS) is 13.8. The number of hydrogen-bond donors (Lipinski definition) is 0. The minimum absolute atomic E-state index is 0.00303. The van der Waals surface area contributed by atoms with Gasteiger partial charge in [0.15, 0.2) is 0 Å². The monoisotopic (exact) mass is 496 g/mol. The molecule has 2 aromatic heterocycles. The molecule has 2 amide bonds. The van der Waals surface area contributed by atoms with E-state index in [9.17, 15) is 9.59 Å². The number of fused-ring (bicyclic) bond motifs is 1. The minimum Gasteiger partial charge on any atom is -0.497 e. The molecular weight excluding hydrogens is 464 g/mol. The number of nitrogens with zero attached hydrogens (tertiary/aromatic N) is 4. The zero-order valence-corrected chi connectivity index (χ0v) is 21.6. The second-order valence-corrected chi connectivity index (χ2v) is 9.59. The Hall–Kier alpha value is -3.17. The van der Waals surface area contributed by atoms with Crippen LogP contribution >= 0.6 is 11.3 Å². The Morgan fingerprint density at radius 3 is 2.51 bits per heavy atom. The van der Waals surface area contributed by atoms with Gasteiger partial charge in [0.2, 0.25) is 5.91 Å². The van der Waals surface area contributed by atoms with E-state index >= 15 is 0 Å². The lowest BCUT2D eigenvalue weighted by Gasteiger charge is -2.36. The molecule has 186 valence electrons. The van der Waals surface area contributed by atoms with E-state index in [0.717, 1.165) is 38.5 Å². The summed E-state index contributed by atoms with van der Waals surface area (Å²) in [6, 6.07) is 9.92. The van der Waals surface area contributed by atoms with Crippen molar-refractivity contribution < 1.29 is 19.1 Å². The van der Waals surface area contributed by atoms with Crippen molar-refractivity contribution in [1.29, 1.82) is 0 Å². The smallest absolute Gasteiger partial charge is 0.264 e. The van der Waals surface area contributed by atoms with Gasteiger partial charge in [-0.2, -0.15) is 0 Å². The number of pyridine rings is 1. The lowest BCUT2D eigenvalue weighted by Crippen LogP contribution is -2.48. The number of methoxy groups -OCH3 is 2. The van der Waals surface area contributed by atoms with Gasteiger partial charge in [-0.3, -0.25) is 9.59 Å². The summed E-state index contributed by atoms with van der Waals surface area (Å²) in [4.78, 5) is 37.0. The molecule has 0 N–H and O–H groups in total. The highest BCUT2D eigenvalue weighted by atomic mass is 32.1. The molecule has 1 saturated heterocycles. The molecule has 0 radical (unpaired) electrons. The van der Waals surface area contributed by atoms with Crippen LogP contribution < -0.4 is 9.64 Å². The molecule has 0 bridgehead atoms. The van der Waals surface area contributed by atoms with Crippen molar-refractivity contribution in [2.24, 2.45) is 0 Å². The zero-order valence-electron chi connectivity index (χ0n) is 20.7. The number of piperazine rings is 1. The van der Waals surface area contributed by atoms with Crippen molar-refractivity contribution in [2.45, 2.75) is 20.4 Å². The van der Waals surface area contributed by atoms with Crippen molar-refractivity contribution in [3.05, 3.63) is 51.7 Å². The first-order valence-corrected chi connectivity index (χ1v) is 12.6. The highest BCUT2D eigenvalue weighted by Crippen LogP contribution is 2.29. The van der Waals surface area contributed by atoms with Crippen LogP contribution in [0.2, 0.25) is 0 Å². The molecule has 1 aromatic carbocycles. The second kappa shape index (κ2) is 11.0. The van der Waals surface area contributed by atoms with Crippen LogP contribution in [0.15, 0.2) is 35.7 Å². The number of anilines is 1. The number of thiophene rings is 1. The van der Waals surface area contributed by atoms with Gasteiger partial charge in [0, 0.05) is 70.3 Å². The van der Waals surface area contributed by atoms with Gasteiger partial charge < -0.3 is 24.2 Å². The summed E-state index contributed by atoms with van der Waals surface area (Å²) in [7, 11) is 3.28. The number of aromatic nitrogens is 1. The number of ether oxygens (including phenoxy) is 2. The first-order valence-electron chi connectivity index (χ1n) is 11.7. The predicted octanol–water partition coefficient (Wildman–Crippen LogP) is 3.57. The van der Waals surface area contributed by atoms with E-state index in [1.165, 1.54) is 11.3 Å². The molecule has 9 heteroatoms. The van der Waals surface area contributed by atoms with Crippen molar-refractivity contribution in [2.75, 3.05) is 58.5 Å². The average Bonchev–Trinajstić information content (AvgIpc) is 3.31. The van der Waals surface area contributed by atoms with Crippen LogP contribution in [0, 0.1) is 6.92 Å². The van der Waals surface area contributed by atoms with Gasteiger partial charge in [-0.15, -0.1) is 11.3 Å². The van der Waals surface area contributed by atoms with Gasteiger partial charge >= 0.3 is 0 Å². The second-order valence-electron chi connectivity index (χ2n) is 8.68. The van der Waals surface area contributed by atoms with Crippen LogP contribution in [-0.4, -0.2) is 80.1 Å². The van der Waals surface area contributed by atoms with E-state index in [-0.39, 0.29) is 11.8 Å². The highest BCUT2D eigenvalue weighted by molar-refractivity contribution is 7.12. The summed E-state index contributed by atoms with van der Waals surface area (Å²) in [6.45, 7) is 7.57. The molecule has 4 rings (SSSR count). The lowest BCUT2D eigenvalue weighted by molar-refractivity contribution is -0.129. The maximum Gasteiger partial charge on any atom is 0.264 e. The number of hydrogen-bond acceptors (Lipinski definition) is 7. The molecule has 0 aliphatic carbocycles. The average molecular weight is 497 g/mol. The van der Waals surface area contributed by atoms with Crippen molar-refractivity contribution in [1.82, 2.24) is 14.8 Å². The Bertz CT molecular complexity index is 1200. The summed E-state index contributed by atoms with van der Waals surface area (Å²) < 4.78 is 10.7. The third kappa shape index (κ3) is 5.57. The molecule has 0 unspecified atom stereocenters. The van der Waals surface area contributed by atoms with Gasteiger partial charge in [-0.1, -0.05) is 0 Å². The predicted molar refractivity (Wildman–Crippen MR) is 138 cm³/mol. The molecular formula is C26H32N4O4S. The molecule has 3 heterocycles. The van der Waals surface area contributed by atoms with E-state index in [1.807, 2.05) is 46.4 Å². The Labute approximate surface area is 210 Å². The highest BCUT2D eigenvalue weighted by Gasteiger charge is 2.25. The van der Waals surface area contributed by atoms with E-state index < -0.39 is 0 Å². The van der Waals surface area contributed by atoms with Crippen LogP contribution in [0.1, 0.15) is 27.7 Å². The molecule has 0 saturated carbocycles. The van der Waals surface area contributed by atoms with E-state index in [2.05, 4.69) is 11.0 Å². The number of aryl methyl sites for hydroxylation is 1. The fourth-order valence-electron chi connectivity index (χ4n) is 4.33. The van der Waals surface area contributed by atoms with Crippen LogP contribution in [-0.2, 0) is 16.1 Å². The van der Waals surface area contributed by atoms with Gasteiger partial charge in [-0.25, -0.2) is 4.98 Å². The lowest BCUT2D eigenvalue weighted by atomic mass is 10.1. The third-order valence-corrected chi connectivity index (χ3v) is 7.38. The number of carbonyl (C=O) groups excluding carboxylic acids is 2. The Kier molecular flexibility index (Phi) is 7.87.